The number of nitrogens with one attached hydrogen (secondary N) is 1. The van der Waals surface area contributed by atoms with Gasteiger partial charge in [0.25, 0.3) is 5.91 Å². The summed E-state index contributed by atoms with van der Waals surface area (Å²) >= 11 is 0. The Kier molecular flexibility index (Phi) is 5.57. The summed E-state index contributed by atoms with van der Waals surface area (Å²) in [5, 5.41) is 2.77. The maximum absolute atomic E-state index is 11.8. The number of methoxy groups -OCH3 is 1. The molecule has 1 aromatic heterocycles. The second-order valence-corrected chi connectivity index (χ2v) is 4.29. The predicted molar refractivity (Wildman–Crippen MR) is 83.0 cm³/mol. The van der Waals surface area contributed by atoms with E-state index in [1.807, 2.05) is 12.1 Å². The molecule has 22 heavy (non-hydrogen) atoms. The van der Waals surface area contributed by atoms with Crippen molar-refractivity contribution in [2.75, 3.05) is 25.6 Å². The molecule has 0 aliphatic heterocycles. The first-order chi connectivity index (χ1) is 10.8. The summed E-state index contributed by atoms with van der Waals surface area (Å²) in [5.41, 5.74) is 1.29. The van der Waals surface area contributed by atoms with Crippen LogP contribution >= 0.6 is 0 Å². The van der Waals surface area contributed by atoms with E-state index in [1.165, 1.54) is 0 Å². The number of para-hydroxylation sites is 1. The summed E-state index contributed by atoms with van der Waals surface area (Å²) in [4.78, 5) is 15.8. The molecule has 0 saturated carbocycles. The van der Waals surface area contributed by atoms with Crippen molar-refractivity contribution in [2.45, 2.75) is 6.92 Å². The number of hydrogen-bond acceptors (Lipinski definition) is 4. The molecule has 0 bridgehead atoms. The molecule has 0 unspecified atom stereocenters. The highest BCUT2D eigenvalue weighted by atomic mass is 16.5. The second kappa shape index (κ2) is 7.86. The number of rotatable bonds is 6. The van der Waals surface area contributed by atoms with Crippen LogP contribution < -0.4 is 10.1 Å². The third-order valence-corrected chi connectivity index (χ3v) is 2.81. The molecule has 2 aromatic rings. The zero-order chi connectivity index (χ0) is 15.8. The summed E-state index contributed by atoms with van der Waals surface area (Å²) in [7, 11) is 1.60. The van der Waals surface area contributed by atoms with E-state index in [2.05, 4.69) is 22.1 Å². The Hall–Kier alpha value is -2.78. The monoisotopic (exact) mass is 299 g/mol. The highest BCUT2D eigenvalue weighted by Gasteiger charge is 2.13. The highest BCUT2D eigenvalue weighted by molar-refractivity contribution is 6.06. The molecule has 2 rings (SSSR count). The van der Waals surface area contributed by atoms with Gasteiger partial charge >= 0.3 is 0 Å². The van der Waals surface area contributed by atoms with Gasteiger partial charge in [-0.15, -0.1) is 0 Å². The molecule has 0 atom stereocenters. The van der Waals surface area contributed by atoms with Crippen molar-refractivity contribution in [2.24, 2.45) is 0 Å². The Bertz CT molecular complexity index is 684. The minimum Gasteiger partial charge on any atom is -0.489 e. The Morgan fingerprint density at radius 2 is 2.27 bits per heavy atom. The van der Waals surface area contributed by atoms with Crippen molar-refractivity contribution in [3.05, 3.63) is 36.9 Å². The molecule has 1 amide bonds. The molecule has 0 radical (unpaired) electrons. The molecule has 114 valence electrons. The smallest absolute Gasteiger partial charge is 0.300 e. The fourth-order valence-corrected chi connectivity index (χ4v) is 1.88. The number of ether oxygens (including phenoxy) is 2. The number of aromatic nitrogens is 2. The van der Waals surface area contributed by atoms with Gasteiger partial charge in [-0.3, -0.25) is 4.79 Å². The third kappa shape index (κ3) is 3.87. The lowest BCUT2D eigenvalue weighted by atomic mass is 10.2. The lowest BCUT2D eigenvalue weighted by Gasteiger charge is -2.15. The van der Waals surface area contributed by atoms with Crippen LogP contribution in [0, 0.1) is 11.8 Å². The fraction of sp³-hybridized carbons (Fsp3) is 0.250. The molecule has 1 N–H and O–H groups in total. The second-order valence-electron chi connectivity index (χ2n) is 4.29. The fourth-order valence-electron chi connectivity index (χ4n) is 1.88. The average molecular weight is 299 g/mol. The van der Waals surface area contributed by atoms with Gasteiger partial charge in [0.2, 0.25) is 0 Å². The van der Waals surface area contributed by atoms with Crippen LogP contribution in [-0.2, 0) is 9.53 Å². The van der Waals surface area contributed by atoms with Gasteiger partial charge in [0, 0.05) is 19.5 Å². The first-order valence-corrected chi connectivity index (χ1v) is 6.73. The number of amides is 1. The van der Waals surface area contributed by atoms with Gasteiger partial charge in [0.1, 0.15) is 18.0 Å². The first kappa shape index (κ1) is 15.6. The lowest BCUT2D eigenvalue weighted by molar-refractivity contribution is -0.111. The van der Waals surface area contributed by atoms with E-state index in [0.717, 1.165) is 5.69 Å². The van der Waals surface area contributed by atoms with E-state index in [4.69, 9.17) is 9.47 Å². The van der Waals surface area contributed by atoms with Gasteiger partial charge in [0.05, 0.1) is 18.6 Å². The van der Waals surface area contributed by atoms with Gasteiger partial charge in [0.15, 0.2) is 0 Å². The van der Waals surface area contributed by atoms with Crippen LogP contribution in [0.1, 0.15) is 6.92 Å². The number of carbonyl (C=O) groups excluding carboxylic acids is 1. The quantitative estimate of drug-likeness (QED) is 0.653. The maximum atomic E-state index is 11.8. The number of benzene rings is 1. The Morgan fingerprint density at radius 1 is 1.41 bits per heavy atom. The predicted octanol–water partition coefficient (Wildman–Crippen LogP) is 1.86. The van der Waals surface area contributed by atoms with Crippen LogP contribution in [0.15, 0.2) is 36.9 Å². The summed E-state index contributed by atoms with van der Waals surface area (Å²) < 4.78 is 12.4. The van der Waals surface area contributed by atoms with Crippen LogP contribution in [0.4, 0.5) is 5.69 Å². The molecule has 0 saturated heterocycles. The molecule has 0 fully saturated rings. The summed E-state index contributed by atoms with van der Waals surface area (Å²) in [5.74, 6) is 5.18. The normalized spacial score (nSPS) is 9.73. The molecule has 0 spiro atoms. The minimum atomic E-state index is -0.397. The Balaban J connectivity index is 2.37. The van der Waals surface area contributed by atoms with Crippen molar-refractivity contribution in [1.29, 1.82) is 0 Å². The number of nitrogens with zero attached hydrogens (tertiary/aromatic N) is 2. The Labute approximate surface area is 129 Å². The van der Waals surface area contributed by atoms with Crippen LogP contribution in [-0.4, -0.2) is 35.8 Å². The minimum absolute atomic E-state index is 0.381. The van der Waals surface area contributed by atoms with Crippen LogP contribution in [0.5, 0.6) is 5.75 Å². The zero-order valence-electron chi connectivity index (χ0n) is 12.5. The van der Waals surface area contributed by atoms with Gasteiger partial charge < -0.3 is 19.4 Å². The summed E-state index contributed by atoms with van der Waals surface area (Å²) in [6, 6.07) is 5.49. The van der Waals surface area contributed by atoms with Crippen LogP contribution in [0.2, 0.25) is 0 Å². The molecule has 6 nitrogen and oxygen atoms in total. The molecular weight excluding hydrogens is 282 g/mol. The zero-order valence-corrected chi connectivity index (χ0v) is 12.5. The average Bonchev–Trinajstić information content (AvgIpc) is 3.03. The maximum Gasteiger partial charge on any atom is 0.300 e. The van der Waals surface area contributed by atoms with Gasteiger partial charge in [-0.25, -0.2) is 4.98 Å². The van der Waals surface area contributed by atoms with Crippen molar-refractivity contribution in [1.82, 2.24) is 9.55 Å². The topological polar surface area (TPSA) is 65.4 Å². The molecule has 0 aliphatic rings. The van der Waals surface area contributed by atoms with Gasteiger partial charge in [-0.1, -0.05) is 12.0 Å². The van der Waals surface area contributed by atoms with Crippen molar-refractivity contribution in [3.63, 3.8) is 0 Å². The van der Waals surface area contributed by atoms with Crippen molar-refractivity contribution in [3.8, 4) is 23.3 Å². The molecular formula is C16H17N3O3. The summed E-state index contributed by atoms with van der Waals surface area (Å²) in [6.07, 6.45) is 5.10. The standard InChI is InChI=1S/C16H17N3O3/c1-3-5-15(20)18-16-13(19-9-8-17-12-19)6-4-7-14(16)22-11-10-21-2/h4,6-9,12H,10-11H2,1-2H3,(H,18,20). The SMILES string of the molecule is CC#CC(=O)Nc1c(OCCOC)cccc1-n1ccnc1. The van der Waals surface area contributed by atoms with E-state index in [-0.39, 0.29) is 0 Å². The van der Waals surface area contributed by atoms with E-state index in [9.17, 15) is 4.79 Å². The van der Waals surface area contributed by atoms with Crippen molar-refractivity contribution < 1.29 is 14.3 Å². The molecule has 6 heteroatoms. The molecule has 1 heterocycles. The number of hydrogen-bond donors (Lipinski definition) is 1. The number of imidazole rings is 1. The summed E-state index contributed by atoms with van der Waals surface area (Å²) in [6.45, 7) is 2.45. The van der Waals surface area contributed by atoms with Gasteiger partial charge in [-0.2, -0.15) is 0 Å². The number of anilines is 1. The van der Waals surface area contributed by atoms with E-state index >= 15 is 0 Å². The van der Waals surface area contributed by atoms with Crippen LogP contribution in [0.3, 0.4) is 0 Å². The number of carbonyl (C=O) groups is 1. The third-order valence-electron chi connectivity index (χ3n) is 2.81. The molecule has 0 aliphatic carbocycles. The lowest BCUT2D eigenvalue weighted by Crippen LogP contribution is -2.14. The largest absolute Gasteiger partial charge is 0.489 e. The van der Waals surface area contributed by atoms with Gasteiger partial charge in [-0.05, 0) is 25.0 Å². The van der Waals surface area contributed by atoms with E-state index in [1.54, 1.807) is 43.4 Å². The van der Waals surface area contributed by atoms with E-state index < -0.39 is 5.91 Å². The first-order valence-electron chi connectivity index (χ1n) is 6.73. The highest BCUT2D eigenvalue weighted by Crippen LogP contribution is 2.31. The Morgan fingerprint density at radius 3 is 2.95 bits per heavy atom. The van der Waals surface area contributed by atoms with Crippen molar-refractivity contribution >= 4 is 11.6 Å². The van der Waals surface area contributed by atoms with Crippen LogP contribution in [0.25, 0.3) is 5.69 Å². The molecule has 1 aromatic carbocycles. The van der Waals surface area contributed by atoms with E-state index in [0.29, 0.717) is 24.7 Å².